The molecule has 0 aromatic heterocycles. The summed E-state index contributed by atoms with van der Waals surface area (Å²) in [6, 6.07) is 5.80. The van der Waals surface area contributed by atoms with Gasteiger partial charge in [0.05, 0.1) is 41.8 Å². The van der Waals surface area contributed by atoms with E-state index in [1.165, 1.54) is 9.80 Å². The number of likely N-dealkylation sites (tertiary alicyclic amines) is 1. The highest BCUT2D eigenvalue weighted by molar-refractivity contribution is 6.34. The fraction of sp³-hybridized carbons (Fsp3) is 0.517. The summed E-state index contributed by atoms with van der Waals surface area (Å²) in [6.45, 7) is 8.81. The van der Waals surface area contributed by atoms with Gasteiger partial charge in [0.25, 0.3) is 5.91 Å². The maximum absolute atomic E-state index is 14.2. The molecule has 4 rings (SSSR count). The van der Waals surface area contributed by atoms with E-state index in [0.29, 0.717) is 30.0 Å². The lowest BCUT2D eigenvalue weighted by molar-refractivity contribution is -0.159. The zero-order chi connectivity index (χ0) is 29.0. The number of para-hydroxylation sites is 1. The Morgan fingerprint density at radius 2 is 2.08 bits per heavy atom. The van der Waals surface area contributed by atoms with Crippen LogP contribution in [0.3, 0.4) is 0 Å². The molecule has 2 N–H and O–H groups in total. The van der Waals surface area contributed by atoms with Crippen LogP contribution < -0.4 is 10.2 Å². The fourth-order valence-corrected chi connectivity index (χ4v) is 6.44. The number of rotatable bonds is 13. The van der Waals surface area contributed by atoms with Crippen molar-refractivity contribution >= 4 is 41.0 Å². The summed E-state index contributed by atoms with van der Waals surface area (Å²) in [5.41, 5.74) is -0.793. The molecule has 0 radical (unpaired) electrons. The van der Waals surface area contributed by atoms with Crippen LogP contribution in [-0.4, -0.2) is 83.8 Å². The molecule has 1 aromatic rings. The molecule has 1 spiro atoms. The topological polar surface area (TPSA) is 125 Å². The first-order valence-electron chi connectivity index (χ1n) is 13.5. The molecule has 3 fully saturated rings. The molecular formula is C29H36ClN3O7. The van der Waals surface area contributed by atoms with Gasteiger partial charge in [-0.2, -0.15) is 0 Å². The Bertz CT molecular complexity index is 1180. The van der Waals surface area contributed by atoms with Crippen LogP contribution in [0.15, 0.2) is 49.6 Å². The van der Waals surface area contributed by atoms with Gasteiger partial charge in [0.2, 0.25) is 11.8 Å². The summed E-state index contributed by atoms with van der Waals surface area (Å²) < 4.78 is 12.0. The van der Waals surface area contributed by atoms with Crippen LogP contribution in [-0.2, 0) is 28.7 Å². The lowest BCUT2D eigenvalue weighted by Crippen LogP contribution is -2.57. The van der Waals surface area contributed by atoms with E-state index in [4.69, 9.17) is 21.1 Å². The third kappa shape index (κ3) is 5.40. The Hall–Kier alpha value is -3.21. The molecule has 6 atom stereocenters. The molecule has 3 amide bonds. The van der Waals surface area contributed by atoms with Gasteiger partial charge in [0.15, 0.2) is 0 Å². The number of allylic oxidation sites excluding steroid dienone is 1. The standard InChI is InChI=1S/C29H36ClN3O7/c1-4-6-11-22(35)31-17-18(3)39-28(38)23-21-12-13-29(40-21)24(23)26(36)33(15-16-34)25(29)27(37)32(14-5-2)20-10-8-7-9-19(20)30/h4-5,7-10,18,21,23-25,34H,1-2,6,11-17H2,3H3,(H,31,35)/t18-,21+,23-,24-,25+,29-/m1/s1. The van der Waals surface area contributed by atoms with Crippen molar-refractivity contribution in [2.45, 2.75) is 56.5 Å². The number of aliphatic hydroxyl groups is 1. The smallest absolute Gasteiger partial charge is 0.312 e. The molecule has 216 valence electrons. The van der Waals surface area contributed by atoms with Crippen molar-refractivity contribution in [3.63, 3.8) is 0 Å². The summed E-state index contributed by atoms with van der Waals surface area (Å²) >= 11 is 6.43. The number of esters is 1. The zero-order valence-corrected chi connectivity index (χ0v) is 23.3. The Morgan fingerprint density at radius 3 is 2.75 bits per heavy atom. The number of carbonyl (C=O) groups excluding carboxylic acids is 4. The Labute approximate surface area is 238 Å². The van der Waals surface area contributed by atoms with E-state index in [1.807, 2.05) is 0 Å². The second kappa shape index (κ2) is 12.5. The number of nitrogens with one attached hydrogen (secondary N) is 1. The van der Waals surface area contributed by atoms with Crippen molar-refractivity contribution in [1.29, 1.82) is 0 Å². The third-order valence-corrected chi connectivity index (χ3v) is 8.17. The van der Waals surface area contributed by atoms with Crippen LogP contribution in [0.4, 0.5) is 5.69 Å². The summed E-state index contributed by atoms with van der Waals surface area (Å²) in [5.74, 6) is -3.50. The van der Waals surface area contributed by atoms with Crippen molar-refractivity contribution < 1.29 is 33.8 Å². The zero-order valence-electron chi connectivity index (χ0n) is 22.6. The number of amides is 3. The minimum absolute atomic E-state index is 0.0964. The quantitative estimate of drug-likeness (QED) is 0.274. The van der Waals surface area contributed by atoms with Crippen molar-refractivity contribution in [2.75, 3.05) is 31.1 Å². The van der Waals surface area contributed by atoms with E-state index in [1.54, 1.807) is 43.3 Å². The SMILES string of the molecule is C=CCCC(=O)NC[C@@H](C)OC(=O)[C@@H]1[C@@H]2CC[C@]3(O2)[C@H](C(=O)N(CC=C)c2ccccc2Cl)N(CCO)C(=O)[C@@H]13. The van der Waals surface area contributed by atoms with Gasteiger partial charge >= 0.3 is 5.97 Å². The minimum atomic E-state index is -1.25. The van der Waals surface area contributed by atoms with Gasteiger partial charge in [-0.05, 0) is 38.3 Å². The molecule has 3 heterocycles. The average Bonchev–Trinajstić information content (AvgIpc) is 3.57. The van der Waals surface area contributed by atoms with Crippen LogP contribution in [0, 0.1) is 11.8 Å². The predicted octanol–water partition coefficient (Wildman–Crippen LogP) is 2.24. The van der Waals surface area contributed by atoms with Gasteiger partial charge in [0.1, 0.15) is 17.7 Å². The van der Waals surface area contributed by atoms with Gasteiger partial charge in [-0.25, -0.2) is 0 Å². The fourth-order valence-electron chi connectivity index (χ4n) is 6.20. The van der Waals surface area contributed by atoms with E-state index >= 15 is 0 Å². The third-order valence-electron chi connectivity index (χ3n) is 7.85. The van der Waals surface area contributed by atoms with E-state index < -0.39 is 53.5 Å². The second-order valence-electron chi connectivity index (χ2n) is 10.4. The van der Waals surface area contributed by atoms with Gasteiger partial charge in [-0.3, -0.25) is 19.2 Å². The number of ether oxygens (including phenoxy) is 2. The number of halogens is 1. The largest absolute Gasteiger partial charge is 0.460 e. The van der Waals surface area contributed by atoms with Crippen LogP contribution in [0.1, 0.15) is 32.6 Å². The van der Waals surface area contributed by atoms with Gasteiger partial charge in [-0.15, -0.1) is 13.2 Å². The minimum Gasteiger partial charge on any atom is -0.460 e. The van der Waals surface area contributed by atoms with Crippen LogP contribution in [0.5, 0.6) is 0 Å². The van der Waals surface area contributed by atoms with Gasteiger partial charge in [-0.1, -0.05) is 35.9 Å². The van der Waals surface area contributed by atoms with Crippen molar-refractivity contribution in [3.8, 4) is 0 Å². The first-order chi connectivity index (χ1) is 19.2. The Balaban J connectivity index is 1.58. The number of nitrogens with zero attached hydrogens (tertiary/aromatic N) is 2. The number of hydrogen-bond donors (Lipinski definition) is 2. The molecule has 11 heteroatoms. The number of hydrogen-bond acceptors (Lipinski definition) is 7. The normalized spacial score (nSPS) is 27.2. The highest BCUT2D eigenvalue weighted by Crippen LogP contribution is 2.59. The number of aliphatic hydroxyl groups excluding tert-OH is 1. The Kier molecular flexibility index (Phi) is 9.33. The van der Waals surface area contributed by atoms with Crippen molar-refractivity contribution in [1.82, 2.24) is 10.2 Å². The highest BCUT2D eigenvalue weighted by Gasteiger charge is 2.75. The molecule has 10 nitrogen and oxygen atoms in total. The average molecular weight is 574 g/mol. The molecule has 3 aliphatic rings. The molecule has 3 saturated heterocycles. The summed E-state index contributed by atoms with van der Waals surface area (Å²) in [5, 5.41) is 12.9. The van der Waals surface area contributed by atoms with E-state index in [-0.39, 0.29) is 38.6 Å². The highest BCUT2D eigenvalue weighted by atomic mass is 35.5. The van der Waals surface area contributed by atoms with Crippen LogP contribution in [0.25, 0.3) is 0 Å². The molecule has 0 unspecified atom stereocenters. The number of fused-ring (bicyclic) bond motifs is 1. The van der Waals surface area contributed by atoms with E-state index in [2.05, 4.69) is 18.5 Å². The molecular weight excluding hydrogens is 538 g/mol. The van der Waals surface area contributed by atoms with Crippen molar-refractivity contribution in [2.24, 2.45) is 11.8 Å². The summed E-state index contributed by atoms with van der Waals surface area (Å²) in [6.07, 6.45) is 3.68. The number of β-amino-alcohol motifs (C(OH)–C–C–N with tert-alkyl or cyclic N) is 1. The van der Waals surface area contributed by atoms with E-state index in [0.717, 1.165) is 0 Å². The maximum Gasteiger partial charge on any atom is 0.312 e. The molecule has 40 heavy (non-hydrogen) atoms. The second-order valence-corrected chi connectivity index (χ2v) is 10.8. The number of carbonyl (C=O) groups is 4. The van der Waals surface area contributed by atoms with Crippen LogP contribution in [0.2, 0.25) is 5.02 Å². The number of benzene rings is 1. The number of anilines is 1. The molecule has 2 bridgehead atoms. The first kappa shape index (κ1) is 29.8. The monoisotopic (exact) mass is 573 g/mol. The Morgan fingerprint density at radius 1 is 1.32 bits per heavy atom. The molecule has 1 aromatic carbocycles. The lowest BCUT2D eigenvalue weighted by atomic mass is 9.70. The molecule has 0 aliphatic carbocycles. The lowest BCUT2D eigenvalue weighted by Gasteiger charge is -2.36. The summed E-state index contributed by atoms with van der Waals surface area (Å²) in [4.78, 5) is 56.2. The van der Waals surface area contributed by atoms with Gasteiger partial charge < -0.3 is 29.7 Å². The van der Waals surface area contributed by atoms with E-state index in [9.17, 15) is 24.3 Å². The maximum atomic E-state index is 14.2. The molecule has 0 saturated carbocycles. The molecule has 3 aliphatic heterocycles. The summed E-state index contributed by atoms with van der Waals surface area (Å²) in [7, 11) is 0. The van der Waals surface area contributed by atoms with Crippen LogP contribution >= 0.6 is 11.6 Å². The van der Waals surface area contributed by atoms with Crippen molar-refractivity contribution in [3.05, 3.63) is 54.6 Å². The first-order valence-corrected chi connectivity index (χ1v) is 13.9. The predicted molar refractivity (Wildman–Crippen MR) is 148 cm³/mol. The van der Waals surface area contributed by atoms with Gasteiger partial charge in [0, 0.05) is 19.5 Å².